The first kappa shape index (κ1) is 22.8. The number of benzene rings is 2. The Labute approximate surface area is 183 Å². The molecule has 0 saturated heterocycles. The Hall–Kier alpha value is -2.83. The summed E-state index contributed by atoms with van der Waals surface area (Å²) in [4.78, 5) is 14.2. The lowest BCUT2D eigenvalue weighted by atomic mass is 10.1. The lowest BCUT2D eigenvalue weighted by Crippen LogP contribution is -2.36. The monoisotopic (exact) mass is 491 g/mol. The third-order valence-electron chi connectivity index (χ3n) is 4.14. The molecule has 1 amide bonds. The van der Waals surface area contributed by atoms with E-state index < -0.39 is 50.3 Å². The number of amides is 1. The number of nitrogens with one attached hydrogen (secondary N) is 1. The van der Waals surface area contributed by atoms with E-state index in [1.54, 1.807) is 0 Å². The fraction of sp³-hybridized carbons (Fsp3) is 0.111. The van der Waals surface area contributed by atoms with E-state index in [1.165, 1.54) is 12.4 Å². The molecule has 0 fully saturated rings. The van der Waals surface area contributed by atoms with Crippen molar-refractivity contribution >= 4 is 50.6 Å². The van der Waals surface area contributed by atoms with Gasteiger partial charge in [-0.3, -0.25) is 0 Å². The Morgan fingerprint density at radius 2 is 1.94 bits per heavy atom. The Kier molecular flexibility index (Phi) is 6.43. The predicted molar refractivity (Wildman–Crippen MR) is 110 cm³/mol. The van der Waals surface area contributed by atoms with Gasteiger partial charge in [0.1, 0.15) is 22.3 Å². The zero-order valence-electron chi connectivity index (χ0n) is 15.5. The van der Waals surface area contributed by atoms with Gasteiger partial charge in [-0.05, 0) is 37.3 Å². The number of nitrogens with zero attached hydrogens (tertiary/aromatic N) is 2. The van der Waals surface area contributed by atoms with Gasteiger partial charge in [-0.2, -0.15) is 0 Å². The van der Waals surface area contributed by atoms with Gasteiger partial charge in [0, 0.05) is 10.9 Å². The minimum Gasteiger partial charge on any atom is -0.464 e. The molecular weight excluding hydrogens is 479 g/mol. The summed E-state index contributed by atoms with van der Waals surface area (Å²) in [5, 5.41) is 12.9. The van der Waals surface area contributed by atoms with Crippen molar-refractivity contribution in [2.24, 2.45) is 0 Å². The number of hydrogen-bond acceptors (Lipinski definition) is 6. The van der Waals surface area contributed by atoms with Crippen LogP contribution in [0, 0.1) is 17.5 Å². The Balaban J connectivity index is 1.98. The summed E-state index contributed by atoms with van der Waals surface area (Å²) >= 11 is 7.02. The van der Waals surface area contributed by atoms with Crippen LogP contribution in [0.25, 0.3) is 0 Å². The normalized spacial score (nSPS) is 12.4. The number of carboxylic acid groups (broad SMARTS) is 1. The van der Waals surface area contributed by atoms with Gasteiger partial charge in [-0.15, -0.1) is 15.6 Å². The highest BCUT2D eigenvalue weighted by atomic mass is 35.5. The SMILES string of the molecule is CC(Nc1cc(F)c(S(=O)(=O)N(C(=O)O)c2cscn2)cc1Cl)c1cc(F)ccc1F. The molecule has 31 heavy (non-hydrogen) atoms. The lowest BCUT2D eigenvalue weighted by Gasteiger charge is -2.20. The van der Waals surface area contributed by atoms with Crippen molar-refractivity contribution in [1.82, 2.24) is 4.98 Å². The summed E-state index contributed by atoms with van der Waals surface area (Å²) < 4.78 is 67.6. The summed E-state index contributed by atoms with van der Waals surface area (Å²) in [6.07, 6.45) is -1.89. The summed E-state index contributed by atoms with van der Waals surface area (Å²) in [5.41, 5.74) is 1.04. The van der Waals surface area contributed by atoms with E-state index >= 15 is 0 Å². The van der Waals surface area contributed by atoms with Crippen LogP contribution in [0.1, 0.15) is 18.5 Å². The number of aromatic nitrogens is 1. The smallest absolute Gasteiger partial charge is 0.427 e. The minimum atomic E-state index is -4.91. The first-order valence-corrected chi connectivity index (χ1v) is 11.2. The third kappa shape index (κ3) is 4.60. The Bertz CT molecular complexity index is 1240. The van der Waals surface area contributed by atoms with Crippen LogP contribution in [-0.4, -0.2) is 24.6 Å². The number of anilines is 2. The highest BCUT2D eigenvalue weighted by Crippen LogP contribution is 2.34. The second-order valence-corrected chi connectivity index (χ2v) is 9.07. The molecule has 2 aromatic carbocycles. The maximum Gasteiger partial charge on any atom is 0.427 e. The molecule has 3 rings (SSSR count). The van der Waals surface area contributed by atoms with Crippen molar-refractivity contribution in [3.05, 3.63) is 69.3 Å². The number of rotatable bonds is 6. The molecule has 0 aliphatic carbocycles. The van der Waals surface area contributed by atoms with Gasteiger partial charge >= 0.3 is 6.09 Å². The summed E-state index contributed by atoms with van der Waals surface area (Å²) in [6.45, 7) is 1.46. The molecular formula is C18H13ClF3N3O4S2. The number of sulfonamides is 1. The zero-order chi connectivity index (χ0) is 22.9. The molecule has 0 radical (unpaired) electrons. The molecule has 7 nitrogen and oxygen atoms in total. The molecule has 0 bridgehead atoms. The van der Waals surface area contributed by atoms with Crippen LogP contribution in [0.2, 0.25) is 5.02 Å². The van der Waals surface area contributed by atoms with Gasteiger partial charge in [0.25, 0.3) is 10.0 Å². The van der Waals surface area contributed by atoms with Crippen molar-refractivity contribution in [2.45, 2.75) is 17.9 Å². The van der Waals surface area contributed by atoms with E-state index in [9.17, 15) is 31.5 Å². The molecule has 0 spiro atoms. The van der Waals surface area contributed by atoms with Gasteiger partial charge in [0.2, 0.25) is 0 Å². The molecule has 164 valence electrons. The highest BCUT2D eigenvalue weighted by molar-refractivity contribution is 7.93. The van der Waals surface area contributed by atoms with Crippen molar-refractivity contribution in [1.29, 1.82) is 0 Å². The maximum atomic E-state index is 14.7. The van der Waals surface area contributed by atoms with Crippen LogP contribution in [-0.2, 0) is 10.0 Å². The summed E-state index contributed by atoms with van der Waals surface area (Å²) in [5.74, 6) is -3.12. The van der Waals surface area contributed by atoms with Gasteiger partial charge < -0.3 is 10.4 Å². The molecule has 0 aliphatic heterocycles. The van der Waals surface area contributed by atoms with Gasteiger partial charge in [0.15, 0.2) is 5.82 Å². The van der Waals surface area contributed by atoms with Crippen LogP contribution in [0.3, 0.4) is 0 Å². The number of thiazole rings is 1. The van der Waals surface area contributed by atoms with Crippen LogP contribution in [0.4, 0.5) is 29.5 Å². The van der Waals surface area contributed by atoms with Crippen molar-refractivity contribution < 1.29 is 31.5 Å². The predicted octanol–water partition coefficient (Wildman–Crippen LogP) is 5.26. The van der Waals surface area contributed by atoms with E-state index in [0.717, 1.165) is 47.0 Å². The van der Waals surface area contributed by atoms with E-state index in [1.807, 2.05) is 0 Å². The topological polar surface area (TPSA) is 99.6 Å². The van der Waals surface area contributed by atoms with E-state index in [0.29, 0.717) is 0 Å². The molecule has 1 heterocycles. The first-order valence-electron chi connectivity index (χ1n) is 8.39. The second-order valence-electron chi connectivity index (χ2n) is 6.19. The third-order valence-corrected chi connectivity index (χ3v) is 6.72. The second kappa shape index (κ2) is 8.73. The van der Waals surface area contributed by atoms with Crippen LogP contribution in [0.15, 0.2) is 46.1 Å². The minimum absolute atomic E-state index is 0.0613. The molecule has 0 aliphatic rings. The molecule has 2 N–H and O–H groups in total. The maximum absolute atomic E-state index is 14.7. The molecule has 1 atom stereocenters. The van der Waals surface area contributed by atoms with Crippen molar-refractivity contribution in [3.8, 4) is 0 Å². The average molecular weight is 492 g/mol. The number of hydrogen-bond donors (Lipinski definition) is 2. The fourth-order valence-corrected chi connectivity index (χ4v) is 4.91. The molecule has 3 aromatic rings. The van der Waals surface area contributed by atoms with Crippen LogP contribution >= 0.6 is 22.9 Å². The average Bonchev–Trinajstić information content (AvgIpc) is 3.19. The summed E-state index contributed by atoms with van der Waals surface area (Å²) in [6, 6.07) is 3.42. The largest absolute Gasteiger partial charge is 0.464 e. The quantitative estimate of drug-likeness (QED) is 0.488. The van der Waals surface area contributed by atoms with Crippen LogP contribution < -0.4 is 9.62 Å². The van der Waals surface area contributed by atoms with E-state index in [4.69, 9.17) is 11.6 Å². The van der Waals surface area contributed by atoms with Crippen molar-refractivity contribution in [3.63, 3.8) is 0 Å². The van der Waals surface area contributed by atoms with E-state index in [-0.39, 0.29) is 20.6 Å². The molecule has 1 unspecified atom stereocenters. The Morgan fingerprint density at radius 1 is 1.23 bits per heavy atom. The van der Waals surface area contributed by atoms with Gasteiger partial charge in [-0.25, -0.2) is 31.4 Å². The van der Waals surface area contributed by atoms with Crippen LogP contribution in [0.5, 0.6) is 0 Å². The lowest BCUT2D eigenvalue weighted by molar-refractivity contribution is 0.206. The Morgan fingerprint density at radius 3 is 2.55 bits per heavy atom. The number of carbonyl (C=O) groups is 1. The number of halogens is 4. The van der Waals surface area contributed by atoms with E-state index in [2.05, 4.69) is 10.3 Å². The zero-order valence-corrected chi connectivity index (χ0v) is 17.9. The standard InChI is InChI=1S/C18H13ClF3N3O4S2/c1-9(11-4-10(20)2-3-13(11)21)24-15-6-14(22)16(5-12(15)19)31(28,29)25(18(26)27)17-7-30-8-23-17/h2-9,24H,1H3,(H,26,27). The van der Waals surface area contributed by atoms with Gasteiger partial charge in [0.05, 0.1) is 22.3 Å². The fourth-order valence-electron chi connectivity index (χ4n) is 2.72. The molecule has 1 aromatic heterocycles. The molecule has 13 heteroatoms. The van der Waals surface area contributed by atoms with Gasteiger partial charge in [-0.1, -0.05) is 11.6 Å². The first-order chi connectivity index (χ1) is 14.5. The van der Waals surface area contributed by atoms with Crippen molar-refractivity contribution in [2.75, 3.05) is 9.62 Å². The molecule has 0 saturated carbocycles. The summed E-state index contributed by atoms with van der Waals surface area (Å²) in [7, 11) is -4.91. The highest BCUT2D eigenvalue weighted by Gasteiger charge is 2.35.